The van der Waals surface area contributed by atoms with Crippen LogP contribution in [-0.4, -0.2) is 15.8 Å². The summed E-state index contributed by atoms with van der Waals surface area (Å²) in [7, 11) is 2.02. The first kappa shape index (κ1) is 12.3. The first-order chi connectivity index (χ1) is 9.04. The number of aryl methyl sites for hydroxylation is 4. The van der Waals surface area contributed by atoms with E-state index in [1.807, 2.05) is 11.7 Å². The average molecular weight is 255 g/mol. The highest BCUT2D eigenvalue weighted by molar-refractivity contribution is 5.71. The molecule has 0 amide bonds. The van der Waals surface area contributed by atoms with Gasteiger partial charge in [-0.05, 0) is 44.7 Å². The van der Waals surface area contributed by atoms with Gasteiger partial charge in [0.1, 0.15) is 5.82 Å². The fourth-order valence-electron chi connectivity index (χ4n) is 2.79. The molecule has 0 spiro atoms. The standard InChI is InChI=1S/C16H21N3/c1-10-7-11(2)16(12(3)8-10)14-9-15(18-19(14)4)17-13-5-6-13/h7-9,13H,5-6H2,1-4H3,(H,17,18). The van der Waals surface area contributed by atoms with Crippen molar-refractivity contribution >= 4 is 5.82 Å². The maximum absolute atomic E-state index is 4.58. The fraction of sp³-hybridized carbons (Fsp3) is 0.438. The zero-order valence-electron chi connectivity index (χ0n) is 12.1. The van der Waals surface area contributed by atoms with Gasteiger partial charge in [-0.25, -0.2) is 0 Å². The van der Waals surface area contributed by atoms with Crippen molar-refractivity contribution in [1.29, 1.82) is 0 Å². The molecule has 3 heteroatoms. The zero-order chi connectivity index (χ0) is 13.6. The Labute approximate surface area is 114 Å². The molecule has 1 aliphatic carbocycles. The summed E-state index contributed by atoms with van der Waals surface area (Å²) < 4.78 is 1.98. The van der Waals surface area contributed by atoms with Crippen LogP contribution in [0.5, 0.6) is 0 Å². The summed E-state index contributed by atoms with van der Waals surface area (Å²) in [6.45, 7) is 6.50. The van der Waals surface area contributed by atoms with Crippen LogP contribution in [0.3, 0.4) is 0 Å². The minimum Gasteiger partial charge on any atom is -0.366 e. The van der Waals surface area contributed by atoms with E-state index >= 15 is 0 Å². The second-order valence-corrected chi connectivity index (χ2v) is 5.73. The van der Waals surface area contributed by atoms with Crippen LogP contribution >= 0.6 is 0 Å². The van der Waals surface area contributed by atoms with Gasteiger partial charge in [0.25, 0.3) is 0 Å². The number of rotatable bonds is 3. The molecule has 100 valence electrons. The van der Waals surface area contributed by atoms with Crippen LogP contribution in [0.25, 0.3) is 11.3 Å². The molecular weight excluding hydrogens is 234 g/mol. The van der Waals surface area contributed by atoms with Crippen molar-refractivity contribution in [3.05, 3.63) is 34.9 Å². The maximum atomic E-state index is 4.58. The second-order valence-electron chi connectivity index (χ2n) is 5.73. The van der Waals surface area contributed by atoms with Crippen LogP contribution in [0.1, 0.15) is 29.5 Å². The lowest BCUT2D eigenvalue weighted by molar-refractivity contribution is 0.775. The van der Waals surface area contributed by atoms with E-state index in [-0.39, 0.29) is 0 Å². The van der Waals surface area contributed by atoms with Gasteiger partial charge >= 0.3 is 0 Å². The predicted molar refractivity (Wildman–Crippen MR) is 79.5 cm³/mol. The Morgan fingerprint density at radius 1 is 1.11 bits per heavy atom. The van der Waals surface area contributed by atoms with Crippen LogP contribution in [0.4, 0.5) is 5.82 Å². The van der Waals surface area contributed by atoms with E-state index < -0.39 is 0 Å². The highest BCUT2D eigenvalue weighted by atomic mass is 15.3. The Morgan fingerprint density at radius 2 is 1.74 bits per heavy atom. The third kappa shape index (κ3) is 2.37. The van der Waals surface area contributed by atoms with Gasteiger partial charge in [0.2, 0.25) is 0 Å². The number of hydrogen-bond acceptors (Lipinski definition) is 2. The largest absolute Gasteiger partial charge is 0.366 e. The Hall–Kier alpha value is -1.77. The molecule has 1 fully saturated rings. The molecular formula is C16H21N3. The molecule has 1 saturated carbocycles. The molecule has 0 saturated heterocycles. The fourth-order valence-corrected chi connectivity index (χ4v) is 2.79. The quantitative estimate of drug-likeness (QED) is 0.908. The minimum absolute atomic E-state index is 0.642. The molecule has 0 atom stereocenters. The Balaban J connectivity index is 2.03. The van der Waals surface area contributed by atoms with Crippen molar-refractivity contribution in [2.45, 2.75) is 39.7 Å². The second kappa shape index (κ2) is 4.41. The predicted octanol–water partition coefficient (Wildman–Crippen LogP) is 3.59. The number of nitrogens with zero attached hydrogens (tertiary/aromatic N) is 2. The van der Waals surface area contributed by atoms with Gasteiger partial charge in [0.05, 0.1) is 5.69 Å². The smallest absolute Gasteiger partial charge is 0.148 e. The van der Waals surface area contributed by atoms with Crippen LogP contribution < -0.4 is 5.32 Å². The molecule has 3 rings (SSSR count). The molecule has 0 radical (unpaired) electrons. The van der Waals surface area contributed by atoms with Gasteiger partial charge in [-0.15, -0.1) is 0 Å². The van der Waals surface area contributed by atoms with Crippen molar-refractivity contribution in [3.63, 3.8) is 0 Å². The molecule has 3 nitrogen and oxygen atoms in total. The van der Waals surface area contributed by atoms with E-state index in [1.54, 1.807) is 0 Å². The van der Waals surface area contributed by atoms with Crippen molar-refractivity contribution in [3.8, 4) is 11.3 Å². The van der Waals surface area contributed by atoms with Gasteiger partial charge in [-0.3, -0.25) is 4.68 Å². The van der Waals surface area contributed by atoms with Crippen molar-refractivity contribution in [2.24, 2.45) is 7.05 Å². The summed E-state index contributed by atoms with van der Waals surface area (Å²) in [6, 6.07) is 7.29. The average Bonchev–Trinajstić information content (AvgIpc) is 3.03. The minimum atomic E-state index is 0.642. The summed E-state index contributed by atoms with van der Waals surface area (Å²) in [5.41, 5.74) is 6.46. The Bertz CT molecular complexity index is 598. The summed E-state index contributed by atoms with van der Waals surface area (Å²) in [6.07, 6.45) is 2.54. The lowest BCUT2D eigenvalue weighted by Gasteiger charge is -2.11. The summed E-state index contributed by atoms with van der Waals surface area (Å²) in [5, 5.41) is 8.04. The van der Waals surface area contributed by atoms with Gasteiger partial charge < -0.3 is 5.32 Å². The maximum Gasteiger partial charge on any atom is 0.148 e. The van der Waals surface area contributed by atoms with Crippen LogP contribution in [0.15, 0.2) is 18.2 Å². The van der Waals surface area contributed by atoms with E-state index in [9.17, 15) is 0 Å². The van der Waals surface area contributed by atoms with Crippen molar-refractivity contribution < 1.29 is 0 Å². The van der Waals surface area contributed by atoms with Crippen molar-refractivity contribution in [1.82, 2.24) is 9.78 Å². The highest BCUT2D eigenvalue weighted by Gasteiger charge is 2.22. The topological polar surface area (TPSA) is 29.9 Å². The first-order valence-electron chi connectivity index (χ1n) is 6.93. The van der Waals surface area contributed by atoms with E-state index in [1.165, 1.54) is 40.8 Å². The lowest BCUT2D eigenvalue weighted by atomic mass is 9.97. The monoisotopic (exact) mass is 255 g/mol. The number of aromatic nitrogens is 2. The summed E-state index contributed by atoms with van der Waals surface area (Å²) >= 11 is 0. The van der Waals surface area contributed by atoms with E-state index in [0.717, 1.165) is 5.82 Å². The lowest BCUT2D eigenvalue weighted by Crippen LogP contribution is -2.02. The molecule has 0 bridgehead atoms. The van der Waals surface area contributed by atoms with Crippen LogP contribution in [0, 0.1) is 20.8 Å². The molecule has 1 heterocycles. The molecule has 19 heavy (non-hydrogen) atoms. The molecule has 1 N–H and O–H groups in total. The highest BCUT2D eigenvalue weighted by Crippen LogP contribution is 2.31. The molecule has 1 aromatic carbocycles. The normalized spacial score (nSPS) is 14.7. The summed E-state index contributed by atoms with van der Waals surface area (Å²) in [5.74, 6) is 0.999. The zero-order valence-corrected chi connectivity index (χ0v) is 12.1. The molecule has 0 unspecified atom stereocenters. The van der Waals surface area contributed by atoms with E-state index in [2.05, 4.69) is 49.4 Å². The SMILES string of the molecule is Cc1cc(C)c(-c2cc(NC3CC3)nn2C)c(C)c1. The Morgan fingerprint density at radius 3 is 2.32 bits per heavy atom. The number of hydrogen-bond donors (Lipinski definition) is 1. The van der Waals surface area contributed by atoms with E-state index in [4.69, 9.17) is 0 Å². The van der Waals surface area contributed by atoms with Gasteiger partial charge in [-0.1, -0.05) is 17.7 Å². The number of anilines is 1. The van der Waals surface area contributed by atoms with Crippen molar-refractivity contribution in [2.75, 3.05) is 5.32 Å². The molecule has 1 aliphatic rings. The summed E-state index contributed by atoms with van der Waals surface area (Å²) in [4.78, 5) is 0. The first-order valence-corrected chi connectivity index (χ1v) is 6.93. The molecule has 2 aromatic rings. The third-order valence-corrected chi connectivity index (χ3v) is 3.74. The number of nitrogens with one attached hydrogen (secondary N) is 1. The van der Waals surface area contributed by atoms with Crippen LogP contribution in [-0.2, 0) is 7.05 Å². The van der Waals surface area contributed by atoms with Gasteiger partial charge in [0.15, 0.2) is 0 Å². The van der Waals surface area contributed by atoms with Gasteiger partial charge in [0, 0.05) is 24.7 Å². The van der Waals surface area contributed by atoms with Crippen LogP contribution in [0.2, 0.25) is 0 Å². The third-order valence-electron chi connectivity index (χ3n) is 3.74. The van der Waals surface area contributed by atoms with E-state index in [0.29, 0.717) is 6.04 Å². The Kier molecular flexibility index (Phi) is 2.85. The molecule has 1 aromatic heterocycles. The molecule has 0 aliphatic heterocycles. The van der Waals surface area contributed by atoms with Gasteiger partial charge in [-0.2, -0.15) is 5.10 Å². The number of benzene rings is 1.